The van der Waals surface area contributed by atoms with Crippen LogP contribution < -0.4 is 0 Å². The molecule has 0 atom stereocenters. The molecule has 0 aliphatic rings. The fraction of sp³-hybridized carbons (Fsp3) is 0.696. The first-order valence-corrected chi connectivity index (χ1v) is 10.4. The minimum atomic E-state index is 1.11. The molecule has 24 heavy (non-hydrogen) atoms. The molecule has 1 aromatic rings. The van der Waals surface area contributed by atoms with Gasteiger partial charge in [0.1, 0.15) is 0 Å². The van der Waals surface area contributed by atoms with Crippen LogP contribution in [-0.4, -0.2) is 4.98 Å². The Morgan fingerprint density at radius 1 is 0.792 bits per heavy atom. The zero-order chi connectivity index (χ0) is 17.3. The Hall–Kier alpha value is -1.11. The molecule has 0 fully saturated rings. The lowest BCUT2D eigenvalue weighted by Crippen LogP contribution is -1.91. The van der Waals surface area contributed by atoms with Crippen LogP contribution in [0, 0.1) is 0 Å². The molecule has 1 rings (SSSR count). The molecule has 0 saturated carbocycles. The fourth-order valence-corrected chi connectivity index (χ4v) is 3.26. The maximum atomic E-state index is 4.44. The summed E-state index contributed by atoms with van der Waals surface area (Å²) in [6.45, 7) is 6.11. The van der Waals surface area contributed by atoms with Crippen molar-refractivity contribution in [3.8, 4) is 0 Å². The third-order valence-electron chi connectivity index (χ3n) is 4.86. The Balaban J connectivity index is 1.83. The van der Waals surface area contributed by atoms with Gasteiger partial charge in [-0.2, -0.15) is 0 Å². The summed E-state index contributed by atoms with van der Waals surface area (Å²) in [5.74, 6) is 0. The van der Waals surface area contributed by atoms with Crippen LogP contribution in [0.25, 0.3) is 6.08 Å². The van der Waals surface area contributed by atoms with Crippen LogP contribution in [0.4, 0.5) is 0 Å². The molecule has 0 radical (unpaired) electrons. The summed E-state index contributed by atoms with van der Waals surface area (Å²) in [5, 5.41) is 0. The number of hydrogen-bond donors (Lipinski definition) is 0. The van der Waals surface area contributed by atoms with Crippen molar-refractivity contribution >= 4 is 6.08 Å². The van der Waals surface area contributed by atoms with Crippen LogP contribution in [0.1, 0.15) is 108 Å². The second-order valence-electron chi connectivity index (χ2n) is 7.13. The molecular weight excluding hydrogens is 290 g/mol. The zero-order valence-electron chi connectivity index (χ0n) is 16.1. The first-order valence-electron chi connectivity index (χ1n) is 10.4. The average molecular weight is 330 g/mol. The quantitative estimate of drug-likeness (QED) is 0.282. The Morgan fingerprint density at radius 2 is 1.29 bits per heavy atom. The van der Waals surface area contributed by atoms with Crippen LogP contribution in [-0.2, 0) is 6.42 Å². The van der Waals surface area contributed by atoms with Gasteiger partial charge in [-0.1, -0.05) is 103 Å². The van der Waals surface area contributed by atoms with Gasteiger partial charge < -0.3 is 0 Å². The van der Waals surface area contributed by atoms with Crippen molar-refractivity contribution in [1.29, 1.82) is 0 Å². The lowest BCUT2D eigenvalue weighted by atomic mass is 10.0. The van der Waals surface area contributed by atoms with Gasteiger partial charge in [-0.25, -0.2) is 0 Å². The Labute approximate surface area is 151 Å². The van der Waals surface area contributed by atoms with Gasteiger partial charge in [0.25, 0.3) is 0 Å². The van der Waals surface area contributed by atoms with E-state index in [1.165, 1.54) is 101 Å². The Morgan fingerprint density at radius 3 is 1.79 bits per heavy atom. The van der Waals surface area contributed by atoms with Gasteiger partial charge in [-0.05, 0) is 30.5 Å². The Bertz CT molecular complexity index is 410. The number of pyridine rings is 1. The summed E-state index contributed by atoms with van der Waals surface area (Å²) in [5.41, 5.74) is 2.40. The maximum absolute atomic E-state index is 4.44. The molecule has 1 heterocycles. The first kappa shape index (κ1) is 20.9. The molecule has 1 nitrogen and oxygen atoms in total. The molecule has 1 heteroatoms. The molecule has 136 valence electrons. The van der Waals surface area contributed by atoms with E-state index in [0.717, 1.165) is 6.42 Å². The van der Waals surface area contributed by atoms with Gasteiger partial charge in [0, 0.05) is 11.9 Å². The second kappa shape index (κ2) is 15.4. The number of aryl methyl sites for hydroxylation is 1. The normalized spacial score (nSPS) is 10.9. The number of aromatic nitrogens is 1. The molecule has 0 aromatic carbocycles. The van der Waals surface area contributed by atoms with E-state index in [0.29, 0.717) is 0 Å². The highest BCUT2D eigenvalue weighted by Crippen LogP contribution is 2.14. The van der Waals surface area contributed by atoms with E-state index in [-0.39, 0.29) is 0 Å². The van der Waals surface area contributed by atoms with Gasteiger partial charge >= 0.3 is 0 Å². The number of unbranched alkanes of at least 4 members (excludes halogenated alkanes) is 13. The van der Waals surface area contributed by atoms with E-state index in [1.807, 2.05) is 18.3 Å². The van der Waals surface area contributed by atoms with Crippen LogP contribution in [0.2, 0.25) is 0 Å². The summed E-state index contributed by atoms with van der Waals surface area (Å²) in [4.78, 5) is 4.44. The molecule has 0 amide bonds. The SMILES string of the molecule is C=Cc1ccnc(CCCCCCCCCCCCCCCC)c1. The van der Waals surface area contributed by atoms with E-state index in [2.05, 4.69) is 24.6 Å². The van der Waals surface area contributed by atoms with Crippen molar-refractivity contribution in [2.24, 2.45) is 0 Å². The molecule has 0 bridgehead atoms. The molecule has 0 saturated heterocycles. The van der Waals surface area contributed by atoms with Crippen molar-refractivity contribution in [3.05, 3.63) is 36.2 Å². The lowest BCUT2D eigenvalue weighted by molar-refractivity contribution is 0.535. The topological polar surface area (TPSA) is 12.9 Å². The smallest absolute Gasteiger partial charge is 0.0409 e. The van der Waals surface area contributed by atoms with Crippen molar-refractivity contribution in [2.75, 3.05) is 0 Å². The van der Waals surface area contributed by atoms with E-state index in [4.69, 9.17) is 0 Å². The van der Waals surface area contributed by atoms with Gasteiger partial charge in [0.05, 0.1) is 0 Å². The predicted octanol–water partition coefficient (Wildman–Crippen LogP) is 7.75. The van der Waals surface area contributed by atoms with Crippen LogP contribution in [0.5, 0.6) is 0 Å². The van der Waals surface area contributed by atoms with Crippen molar-refractivity contribution < 1.29 is 0 Å². The fourth-order valence-electron chi connectivity index (χ4n) is 3.26. The minimum absolute atomic E-state index is 1.11. The van der Waals surface area contributed by atoms with E-state index < -0.39 is 0 Å². The first-order chi connectivity index (χ1) is 11.9. The molecule has 0 N–H and O–H groups in total. The largest absolute Gasteiger partial charge is 0.261 e. The van der Waals surface area contributed by atoms with E-state index in [9.17, 15) is 0 Å². The molecule has 0 aliphatic heterocycles. The lowest BCUT2D eigenvalue weighted by Gasteiger charge is -2.04. The molecule has 0 aliphatic carbocycles. The molecular formula is C23H39N. The average Bonchev–Trinajstić information content (AvgIpc) is 2.62. The van der Waals surface area contributed by atoms with Crippen LogP contribution >= 0.6 is 0 Å². The third kappa shape index (κ3) is 11.4. The third-order valence-corrected chi connectivity index (χ3v) is 4.86. The van der Waals surface area contributed by atoms with Gasteiger partial charge in [-0.15, -0.1) is 0 Å². The van der Waals surface area contributed by atoms with E-state index >= 15 is 0 Å². The number of rotatable bonds is 16. The zero-order valence-corrected chi connectivity index (χ0v) is 16.1. The molecule has 0 unspecified atom stereocenters. The summed E-state index contributed by atoms with van der Waals surface area (Å²) in [6.07, 6.45) is 24.7. The van der Waals surface area contributed by atoms with Gasteiger partial charge in [-0.3, -0.25) is 4.98 Å². The van der Waals surface area contributed by atoms with Crippen molar-refractivity contribution in [3.63, 3.8) is 0 Å². The van der Waals surface area contributed by atoms with Crippen molar-refractivity contribution in [2.45, 2.75) is 103 Å². The highest BCUT2D eigenvalue weighted by Gasteiger charge is 1.97. The van der Waals surface area contributed by atoms with E-state index in [1.54, 1.807) is 0 Å². The summed E-state index contributed by atoms with van der Waals surface area (Å²) < 4.78 is 0. The minimum Gasteiger partial charge on any atom is -0.261 e. The van der Waals surface area contributed by atoms with Crippen LogP contribution in [0.15, 0.2) is 24.9 Å². The molecule has 1 aromatic heterocycles. The highest BCUT2D eigenvalue weighted by atomic mass is 14.7. The number of hydrogen-bond acceptors (Lipinski definition) is 1. The monoisotopic (exact) mass is 329 g/mol. The predicted molar refractivity (Wildman–Crippen MR) is 108 cm³/mol. The van der Waals surface area contributed by atoms with Gasteiger partial charge in [0.2, 0.25) is 0 Å². The number of nitrogens with zero attached hydrogens (tertiary/aromatic N) is 1. The summed E-state index contributed by atoms with van der Waals surface area (Å²) in [6, 6.07) is 4.18. The highest BCUT2D eigenvalue weighted by molar-refractivity contribution is 5.46. The Kier molecular flexibility index (Phi) is 13.4. The van der Waals surface area contributed by atoms with Gasteiger partial charge in [0.15, 0.2) is 0 Å². The van der Waals surface area contributed by atoms with Crippen molar-refractivity contribution in [1.82, 2.24) is 4.98 Å². The summed E-state index contributed by atoms with van der Waals surface area (Å²) >= 11 is 0. The standard InChI is InChI=1S/C23H39N/c1-3-5-6-7-8-9-10-11-12-13-14-15-16-17-18-23-21-22(4-2)19-20-24-23/h4,19-21H,2-3,5-18H2,1H3. The van der Waals surface area contributed by atoms with Crippen LogP contribution in [0.3, 0.4) is 0 Å². The molecule has 0 spiro atoms. The second-order valence-corrected chi connectivity index (χ2v) is 7.13. The summed E-state index contributed by atoms with van der Waals surface area (Å²) in [7, 11) is 0. The maximum Gasteiger partial charge on any atom is 0.0409 e.